The Hall–Kier alpha value is -2.78. The van der Waals surface area contributed by atoms with E-state index >= 15 is 0 Å². The summed E-state index contributed by atoms with van der Waals surface area (Å²) in [5, 5.41) is 15.4. The van der Waals surface area contributed by atoms with Gasteiger partial charge in [-0.15, -0.1) is 10.2 Å². The molecule has 0 radical (unpaired) electrons. The molecule has 0 atom stereocenters. The van der Waals surface area contributed by atoms with Crippen molar-refractivity contribution in [3.05, 3.63) is 41.5 Å². The Morgan fingerprint density at radius 2 is 2.08 bits per heavy atom. The van der Waals surface area contributed by atoms with Gasteiger partial charge in [0.25, 0.3) is 0 Å². The maximum atomic E-state index is 12.8. The fourth-order valence-electron chi connectivity index (χ4n) is 2.06. The zero-order valence-electron chi connectivity index (χ0n) is 12.7. The second-order valence-corrected chi connectivity index (χ2v) is 5.08. The van der Waals surface area contributed by atoms with Crippen molar-refractivity contribution in [1.82, 2.24) is 30.3 Å². The van der Waals surface area contributed by atoms with E-state index in [4.69, 9.17) is 4.52 Å². The zero-order valence-corrected chi connectivity index (χ0v) is 12.7. The number of nitrogens with zero attached hydrogens (tertiary/aromatic N) is 6. The molecule has 126 valence electrons. The van der Waals surface area contributed by atoms with Crippen molar-refractivity contribution in [2.75, 3.05) is 0 Å². The van der Waals surface area contributed by atoms with Crippen LogP contribution in [0.5, 0.6) is 0 Å². The molecule has 0 N–H and O–H groups in total. The number of aromatic nitrogens is 6. The average Bonchev–Trinajstić information content (AvgIpc) is 3.17. The minimum Gasteiger partial charge on any atom is -0.337 e. The highest BCUT2D eigenvalue weighted by Gasteiger charge is 2.30. The van der Waals surface area contributed by atoms with Crippen LogP contribution in [0.25, 0.3) is 11.4 Å². The molecular formula is C14H13F3N6O. The second-order valence-electron chi connectivity index (χ2n) is 5.08. The van der Waals surface area contributed by atoms with Crippen LogP contribution in [0.1, 0.15) is 30.6 Å². The monoisotopic (exact) mass is 338 g/mol. The lowest BCUT2D eigenvalue weighted by Crippen LogP contribution is -2.05. The highest BCUT2D eigenvalue weighted by atomic mass is 19.4. The van der Waals surface area contributed by atoms with E-state index in [2.05, 4.69) is 25.6 Å². The number of halogens is 3. The average molecular weight is 338 g/mol. The van der Waals surface area contributed by atoms with Gasteiger partial charge in [0.05, 0.1) is 5.56 Å². The Morgan fingerprint density at radius 1 is 1.25 bits per heavy atom. The topological polar surface area (TPSA) is 82.5 Å². The first-order valence-electron chi connectivity index (χ1n) is 7.22. The molecule has 0 amide bonds. The summed E-state index contributed by atoms with van der Waals surface area (Å²) in [5.74, 6) is 0.992. The van der Waals surface area contributed by atoms with E-state index in [1.165, 1.54) is 16.9 Å². The predicted octanol–water partition coefficient (Wildman–Crippen LogP) is 2.74. The van der Waals surface area contributed by atoms with Crippen LogP contribution >= 0.6 is 0 Å². The maximum Gasteiger partial charge on any atom is 0.416 e. The van der Waals surface area contributed by atoms with Crippen LogP contribution in [0.2, 0.25) is 0 Å². The normalized spacial score (nSPS) is 11.8. The second kappa shape index (κ2) is 6.38. The third-order valence-corrected chi connectivity index (χ3v) is 3.16. The van der Waals surface area contributed by atoms with E-state index in [1.54, 1.807) is 0 Å². The smallest absolute Gasteiger partial charge is 0.337 e. The van der Waals surface area contributed by atoms with Gasteiger partial charge < -0.3 is 4.52 Å². The molecule has 0 spiro atoms. The molecule has 2 aromatic heterocycles. The summed E-state index contributed by atoms with van der Waals surface area (Å²) in [6.45, 7) is 2.10. The molecule has 24 heavy (non-hydrogen) atoms. The summed E-state index contributed by atoms with van der Waals surface area (Å²) < 4.78 is 43.3. The lowest BCUT2D eigenvalue weighted by atomic mass is 10.1. The Balaban J connectivity index is 1.78. The van der Waals surface area contributed by atoms with Gasteiger partial charge in [-0.3, -0.25) is 0 Å². The van der Waals surface area contributed by atoms with Crippen molar-refractivity contribution in [1.29, 1.82) is 0 Å². The van der Waals surface area contributed by atoms with Gasteiger partial charge in [0, 0.05) is 12.0 Å². The van der Waals surface area contributed by atoms with Crippen LogP contribution in [0.4, 0.5) is 13.2 Å². The van der Waals surface area contributed by atoms with Gasteiger partial charge in [-0.1, -0.05) is 24.2 Å². The zero-order chi connectivity index (χ0) is 17.2. The van der Waals surface area contributed by atoms with Gasteiger partial charge >= 0.3 is 6.18 Å². The van der Waals surface area contributed by atoms with Gasteiger partial charge in [0.1, 0.15) is 6.54 Å². The Labute approximate surface area is 134 Å². The largest absolute Gasteiger partial charge is 0.416 e. The number of alkyl halides is 3. The van der Waals surface area contributed by atoms with E-state index in [0.717, 1.165) is 18.6 Å². The van der Waals surface area contributed by atoms with Crippen LogP contribution in [0, 0.1) is 0 Å². The molecule has 10 heteroatoms. The van der Waals surface area contributed by atoms with Gasteiger partial charge in [0.15, 0.2) is 5.82 Å². The number of hydrogen-bond donors (Lipinski definition) is 0. The van der Waals surface area contributed by atoms with Crippen LogP contribution < -0.4 is 0 Å². The standard InChI is InChI=1S/C14H13F3N6O/c1-2-4-11-18-12(24-21-11)8-23-20-13(19-22-23)9-5-3-6-10(7-9)14(15,16)17/h3,5-7H,2,4,8H2,1H3. The SMILES string of the molecule is CCCc1noc(Cn2nnc(-c3cccc(C(F)(F)F)c3)n2)n1. The number of tetrazole rings is 1. The fraction of sp³-hybridized carbons (Fsp3) is 0.357. The summed E-state index contributed by atoms with van der Waals surface area (Å²) in [6, 6.07) is 4.76. The van der Waals surface area contributed by atoms with Gasteiger partial charge in [0.2, 0.25) is 11.7 Å². The Morgan fingerprint density at radius 3 is 2.83 bits per heavy atom. The summed E-state index contributed by atoms with van der Waals surface area (Å²) >= 11 is 0. The summed E-state index contributed by atoms with van der Waals surface area (Å²) in [4.78, 5) is 5.36. The number of hydrogen-bond acceptors (Lipinski definition) is 6. The van der Waals surface area contributed by atoms with E-state index in [-0.39, 0.29) is 17.9 Å². The van der Waals surface area contributed by atoms with E-state index < -0.39 is 11.7 Å². The van der Waals surface area contributed by atoms with Crippen molar-refractivity contribution in [2.24, 2.45) is 0 Å². The molecule has 0 aliphatic rings. The highest BCUT2D eigenvalue weighted by Crippen LogP contribution is 2.31. The number of rotatable bonds is 5. The van der Waals surface area contributed by atoms with Gasteiger partial charge in [-0.25, -0.2) is 0 Å². The molecule has 0 bridgehead atoms. The predicted molar refractivity (Wildman–Crippen MR) is 75.7 cm³/mol. The third kappa shape index (κ3) is 3.58. The van der Waals surface area contributed by atoms with Crippen LogP contribution in [-0.2, 0) is 19.1 Å². The fourth-order valence-corrected chi connectivity index (χ4v) is 2.06. The minimum absolute atomic E-state index is 0.0920. The molecule has 3 rings (SSSR count). The molecule has 0 saturated heterocycles. The van der Waals surface area contributed by atoms with Crippen LogP contribution in [0.3, 0.4) is 0 Å². The summed E-state index contributed by atoms with van der Waals surface area (Å²) in [6.07, 6.45) is -2.84. The summed E-state index contributed by atoms with van der Waals surface area (Å²) in [5.41, 5.74) is -0.536. The highest BCUT2D eigenvalue weighted by molar-refractivity contribution is 5.55. The van der Waals surface area contributed by atoms with Crippen LogP contribution in [0.15, 0.2) is 28.8 Å². The molecule has 1 aromatic carbocycles. The third-order valence-electron chi connectivity index (χ3n) is 3.16. The minimum atomic E-state index is -4.43. The first-order valence-corrected chi connectivity index (χ1v) is 7.22. The molecule has 0 fully saturated rings. The quantitative estimate of drug-likeness (QED) is 0.711. The first kappa shape index (κ1) is 16.1. The Kier molecular flexibility index (Phi) is 4.28. The van der Waals surface area contributed by atoms with Crippen molar-refractivity contribution in [3.63, 3.8) is 0 Å². The van der Waals surface area contributed by atoms with E-state index in [1.807, 2.05) is 6.92 Å². The van der Waals surface area contributed by atoms with E-state index in [0.29, 0.717) is 18.1 Å². The molecule has 0 unspecified atom stereocenters. The molecule has 0 saturated carbocycles. The maximum absolute atomic E-state index is 12.8. The summed E-state index contributed by atoms with van der Waals surface area (Å²) in [7, 11) is 0. The first-order chi connectivity index (χ1) is 11.5. The number of aryl methyl sites for hydroxylation is 1. The molecular weight excluding hydrogens is 325 g/mol. The molecule has 0 aliphatic heterocycles. The van der Waals surface area contributed by atoms with Gasteiger partial charge in [-0.05, 0) is 23.8 Å². The van der Waals surface area contributed by atoms with Crippen molar-refractivity contribution >= 4 is 0 Å². The van der Waals surface area contributed by atoms with E-state index in [9.17, 15) is 13.2 Å². The molecule has 2 heterocycles. The lowest BCUT2D eigenvalue weighted by molar-refractivity contribution is -0.137. The molecule has 3 aromatic rings. The van der Waals surface area contributed by atoms with Gasteiger partial charge in [-0.2, -0.15) is 23.0 Å². The van der Waals surface area contributed by atoms with Crippen molar-refractivity contribution < 1.29 is 17.7 Å². The van der Waals surface area contributed by atoms with Crippen molar-refractivity contribution in [2.45, 2.75) is 32.5 Å². The van der Waals surface area contributed by atoms with Crippen LogP contribution in [-0.4, -0.2) is 30.3 Å². The molecule has 7 nitrogen and oxygen atoms in total. The molecule has 0 aliphatic carbocycles. The number of benzene rings is 1. The Bertz CT molecular complexity index is 826. The van der Waals surface area contributed by atoms with Crippen molar-refractivity contribution in [3.8, 4) is 11.4 Å². The lowest BCUT2D eigenvalue weighted by Gasteiger charge is -2.06.